The molecule has 0 bridgehead atoms. The maximum Gasteiger partial charge on any atom is 0.356 e. The van der Waals surface area contributed by atoms with Crippen LogP contribution in [0.1, 0.15) is 21.6 Å². The molecule has 0 unspecified atom stereocenters. The van der Waals surface area contributed by atoms with Crippen molar-refractivity contribution in [3.63, 3.8) is 0 Å². The number of benzene rings is 1. The number of nitrogens with zero attached hydrogens (tertiary/aromatic N) is 2. The molecule has 0 aliphatic carbocycles. The number of carboxylic acid groups (broad SMARTS) is 1. The van der Waals surface area contributed by atoms with Crippen molar-refractivity contribution in [2.75, 3.05) is 6.61 Å². The van der Waals surface area contributed by atoms with Crippen LogP contribution in [-0.2, 0) is 19.4 Å². The van der Waals surface area contributed by atoms with Crippen molar-refractivity contribution in [1.82, 2.24) is 9.78 Å². The highest BCUT2D eigenvalue weighted by Gasteiger charge is 2.12. The molecule has 0 radical (unpaired) electrons. The molecular formula is C14H14N2O3. The number of fused-ring (bicyclic) bond motifs is 1. The van der Waals surface area contributed by atoms with Gasteiger partial charge in [0, 0.05) is 19.2 Å². The summed E-state index contributed by atoms with van der Waals surface area (Å²) in [6.07, 6.45) is 3.49. The highest BCUT2D eigenvalue weighted by molar-refractivity contribution is 5.84. The summed E-state index contributed by atoms with van der Waals surface area (Å²) in [5, 5.41) is 12.8. The van der Waals surface area contributed by atoms with Crippen LogP contribution in [0.2, 0.25) is 0 Å². The molecule has 0 spiro atoms. The van der Waals surface area contributed by atoms with E-state index in [1.807, 2.05) is 12.1 Å². The minimum absolute atomic E-state index is 0.0855. The lowest BCUT2D eigenvalue weighted by Crippen LogP contribution is -2.05. The van der Waals surface area contributed by atoms with Gasteiger partial charge in [0.15, 0.2) is 5.69 Å². The number of hydrogen-bond acceptors (Lipinski definition) is 3. The average molecular weight is 258 g/mol. The number of aromatic carboxylic acids is 1. The van der Waals surface area contributed by atoms with E-state index in [0.717, 1.165) is 25.2 Å². The summed E-state index contributed by atoms with van der Waals surface area (Å²) < 4.78 is 7.12. The minimum Gasteiger partial charge on any atom is -0.493 e. The molecule has 98 valence electrons. The third-order valence-electron chi connectivity index (χ3n) is 3.24. The lowest BCUT2D eigenvalue weighted by Gasteiger charge is -2.04. The van der Waals surface area contributed by atoms with Gasteiger partial charge in [0.2, 0.25) is 0 Å². The summed E-state index contributed by atoms with van der Waals surface area (Å²) in [6.45, 7) is 1.44. The number of ether oxygens (including phenoxy) is 1. The van der Waals surface area contributed by atoms with Crippen LogP contribution in [0.15, 0.2) is 30.5 Å². The highest BCUT2D eigenvalue weighted by Crippen LogP contribution is 2.26. The molecule has 1 aromatic carbocycles. The Morgan fingerprint density at radius 3 is 3.11 bits per heavy atom. The van der Waals surface area contributed by atoms with Crippen molar-refractivity contribution in [2.45, 2.75) is 19.4 Å². The van der Waals surface area contributed by atoms with Gasteiger partial charge in [-0.1, -0.05) is 12.1 Å². The predicted molar refractivity (Wildman–Crippen MR) is 68.5 cm³/mol. The van der Waals surface area contributed by atoms with E-state index in [1.54, 1.807) is 10.9 Å². The highest BCUT2D eigenvalue weighted by atomic mass is 16.5. The van der Waals surface area contributed by atoms with Crippen LogP contribution in [0.25, 0.3) is 0 Å². The number of aromatic nitrogens is 2. The second kappa shape index (κ2) is 4.76. The molecule has 2 aromatic rings. The maximum atomic E-state index is 10.7. The molecule has 0 saturated carbocycles. The summed E-state index contributed by atoms with van der Waals surface area (Å²) in [4.78, 5) is 10.7. The average Bonchev–Trinajstić information content (AvgIpc) is 3.04. The zero-order chi connectivity index (χ0) is 13.2. The lowest BCUT2D eigenvalue weighted by molar-refractivity contribution is 0.0689. The second-order valence-electron chi connectivity index (χ2n) is 4.56. The molecule has 5 heteroatoms. The number of carboxylic acids is 1. The number of hydrogen-bond donors (Lipinski definition) is 1. The Kier molecular flexibility index (Phi) is 2.95. The fourth-order valence-electron chi connectivity index (χ4n) is 2.24. The number of rotatable bonds is 4. The van der Waals surface area contributed by atoms with Gasteiger partial charge in [0.25, 0.3) is 0 Å². The number of carbonyl (C=O) groups is 1. The van der Waals surface area contributed by atoms with Crippen molar-refractivity contribution >= 4 is 5.97 Å². The third-order valence-corrected chi connectivity index (χ3v) is 3.24. The van der Waals surface area contributed by atoms with Crippen molar-refractivity contribution in [3.05, 3.63) is 47.3 Å². The first-order valence-electron chi connectivity index (χ1n) is 6.24. The van der Waals surface area contributed by atoms with Gasteiger partial charge in [0.05, 0.1) is 6.61 Å². The van der Waals surface area contributed by atoms with Crippen LogP contribution in [0.3, 0.4) is 0 Å². The Balaban J connectivity index is 1.67. The van der Waals surface area contributed by atoms with Crippen LogP contribution in [0.4, 0.5) is 0 Å². The van der Waals surface area contributed by atoms with E-state index in [-0.39, 0.29) is 5.69 Å². The first-order chi connectivity index (χ1) is 9.22. The summed E-state index contributed by atoms with van der Waals surface area (Å²) in [5.41, 5.74) is 2.56. The Labute approximate surface area is 110 Å². The van der Waals surface area contributed by atoms with E-state index >= 15 is 0 Å². The Bertz CT molecular complexity index is 619. The molecule has 2 heterocycles. The smallest absolute Gasteiger partial charge is 0.356 e. The van der Waals surface area contributed by atoms with Gasteiger partial charge in [-0.25, -0.2) is 4.79 Å². The maximum absolute atomic E-state index is 10.7. The molecule has 1 aliphatic rings. The van der Waals surface area contributed by atoms with Crippen molar-refractivity contribution in [1.29, 1.82) is 0 Å². The van der Waals surface area contributed by atoms with E-state index in [4.69, 9.17) is 9.84 Å². The Hall–Kier alpha value is -2.30. The summed E-state index contributed by atoms with van der Waals surface area (Å²) in [5.74, 6) is -0.00979. The monoisotopic (exact) mass is 258 g/mol. The van der Waals surface area contributed by atoms with Crippen LogP contribution >= 0.6 is 0 Å². The lowest BCUT2D eigenvalue weighted by atomic mass is 10.1. The zero-order valence-electron chi connectivity index (χ0n) is 10.4. The topological polar surface area (TPSA) is 64.3 Å². The SMILES string of the molecule is O=C(O)c1ccn(CCc2ccc3c(c2)CCO3)n1. The minimum atomic E-state index is -0.992. The molecule has 0 fully saturated rings. The molecule has 1 aromatic heterocycles. The third kappa shape index (κ3) is 2.45. The molecular weight excluding hydrogens is 244 g/mol. The fourth-order valence-corrected chi connectivity index (χ4v) is 2.24. The molecule has 1 aliphatic heterocycles. The quantitative estimate of drug-likeness (QED) is 0.907. The molecule has 3 rings (SSSR count). The van der Waals surface area contributed by atoms with E-state index in [9.17, 15) is 4.79 Å². The van der Waals surface area contributed by atoms with Crippen molar-refractivity contribution < 1.29 is 14.6 Å². The van der Waals surface area contributed by atoms with Gasteiger partial charge in [0.1, 0.15) is 5.75 Å². The van der Waals surface area contributed by atoms with Crippen LogP contribution < -0.4 is 4.74 Å². The summed E-state index contributed by atoms with van der Waals surface area (Å²) >= 11 is 0. The molecule has 1 N–H and O–H groups in total. The van der Waals surface area contributed by atoms with Crippen molar-refractivity contribution in [3.8, 4) is 5.75 Å². The largest absolute Gasteiger partial charge is 0.493 e. The second-order valence-corrected chi connectivity index (χ2v) is 4.56. The van der Waals surface area contributed by atoms with E-state index < -0.39 is 5.97 Å². The van der Waals surface area contributed by atoms with Gasteiger partial charge < -0.3 is 9.84 Å². The van der Waals surface area contributed by atoms with Gasteiger partial charge in [-0.15, -0.1) is 0 Å². The van der Waals surface area contributed by atoms with Gasteiger partial charge in [-0.2, -0.15) is 5.10 Å². The molecule has 0 amide bonds. The fraction of sp³-hybridized carbons (Fsp3) is 0.286. The predicted octanol–water partition coefficient (Wildman–Crippen LogP) is 1.76. The summed E-state index contributed by atoms with van der Waals surface area (Å²) in [7, 11) is 0. The summed E-state index contributed by atoms with van der Waals surface area (Å²) in [6, 6.07) is 7.72. The van der Waals surface area contributed by atoms with Gasteiger partial charge in [-0.3, -0.25) is 4.68 Å². The van der Waals surface area contributed by atoms with Crippen LogP contribution in [0, 0.1) is 0 Å². The van der Waals surface area contributed by atoms with Crippen LogP contribution in [-0.4, -0.2) is 27.5 Å². The zero-order valence-corrected chi connectivity index (χ0v) is 10.4. The van der Waals surface area contributed by atoms with Crippen molar-refractivity contribution in [2.24, 2.45) is 0 Å². The Morgan fingerprint density at radius 2 is 2.32 bits per heavy atom. The van der Waals surface area contributed by atoms with Gasteiger partial charge in [-0.05, 0) is 29.7 Å². The van der Waals surface area contributed by atoms with E-state index in [1.165, 1.54) is 17.2 Å². The van der Waals surface area contributed by atoms with E-state index in [0.29, 0.717) is 6.54 Å². The van der Waals surface area contributed by atoms with Crippen LogP contribution in [0.5, 0.6) is 5.75 Å². The standard InChI is InChI=1S/C14H14N2O3/c17-14(18)12-4-7-16(15-12)6-3-10-1-2-13-11(9-10)5-8-19-13/h1-2,4,7,9H,3,5-6,8H2,(H,17,18). The molecule has 0 atom stereocenters. The number of aryl methyl sites for hydroxylation is 2. The first-order valence-corrected chi connectivity index (χ1v) is 6.24. The first kappa shape index (κ1) is 11.8. The molecule has 19 heavy (non-hydrogen) atoms. The van der Waals surface area contributed by atoms with E-state index in [2.05, 4.69) is 11.2 Å². The molecule has 0 saturated heterocycles. The molecule has 5 nitrogen and oxygen atoms in total. The van der Waals surface area contributed by atoms with Gasteiger partial charge >= 0.3 is 5.97 Å². The normalized spacial score (nSPS) is 13.1. The Morgan fingerprint density at radius 1 is 1.42 bits per heavy atom.